The number of halogens is 5. The molecule has 0 atom stereocenters. The summed E-state index contributed by atoms with van der Waals surface area (Å²) in [5.74, 6) is -5.47. The molecule has 9 aromatic rings. The third-order valence-electron chi connectivity index (χ3n) is 18.6. The Bertz CT molecular complexity index is 4630. The first-order chi connectivity index (χ1) is 44.9. The molecular formula is C69H73F5N6O12S3. The summed E-state index contributed by atoms with van der Waals surface area (Å²) in [4.78, 5) is 34.2. The van der Waals surface area contributed by atoms with E-state index in [-0.39, 0.29) is 79.2 Å². The maximum Gasteiger partial charge on any atom is 0.323 e. The van der Waals surface area contributed by atoms with Gasteiger partial charge in [-0.05, 0) is 222 Å². The number of piperidine rings is 3. The molecule has 0 aliphatic carbocycles. The molecule has 0 bridgehead atoms. The Hall–Kier alpha value is -8.27. The summed E-state index contributed by atoms with van der Waals surface area (Å²) < 4.78 is 157. The van der Waals surface area contributed by atoms with Gasteiger partial charge in [0.1, 0.15) is 53.6 Å². The van der Waals surface area contributed by atoms with E-state index in [1.807, 2.05) is 19.9 Å². The van der Waals surface area contributed by atoms with E-state index < -0.39 is 71.2 Å². The Labute approximate surface area is 547 Å². The number of aromatic nitrogens is 3. The quantitative estimate of drug-likeness (QED) is 0.0813. The number of carboxylic acid groups (broad SMARTS) is 3. The van der Waals surface area contributed by atoms with E-state index >= 15 is 0 Å². The fourth-order valence-corrected chi connectivity index (χ4v) is 19.0. The molecule has 3 aliphatic heterocycles. The highest BCUT2D eigenvalue weighted by molar-refractivity contribution is 7.89. The molecule has 3 saturated heterocycles. The van der Waals surface area contributed by atoms with Gasteiger partial charge in [0.25, 0.3) is 0 Å². The number of nitrogens with zero attached hydrogens (tertiary/aromatic N) is 6. The van der Waals surface area contributed by atoms with E-state index in [1.54, 1.807) is 83.9 Å². The van der Waals surface area contributed by atoms with Gasteiger partial charge in [0.05, 0.1) is 9.79 Å². The molecule has 12 rings (SSSR count). The number of rotatable bonds is 15. The number of sulfonamides is 3. The highest BCUT2D eigenvalue weighted by Crippen LogP contribution is 2.43. The molecule has 3 aliphatic rings. The van der Waals surface area contributed by atoms with E-state index in [9.17, 15) is 76.9 Å². The average Bonchev–Trinajstić information content (AvgIpc) is 1.67. The summed E-state index contributed by atoms with van der Waals surface area (Å²) in [6, 6.07) is 27.6. The second-order valence-electron chi connectivity index (χ2n) is 24.6. The van der Waals surface area contributed by atoms with E-state index in [2.05, 4.69) is 0 Å². The zero-order chi connectivity index (χ0) is 68.7. The zero-order valence-corrected chi connectivity index (χ0v) is 55.6. The maximum atomic E-state index is 14.3. The Morgan fingerprint density at radius 2 is 0.695 bits per heavy atom. The van der Waals surface area contributed by atoms with Crippen LogP contribution in [0.2, 0.25) is 0 Å². The van der Waals surface area contributed by atoms with Gasteiger partial charge < -0.3 is 29.0 Å². The molecule has 6 heterocycles. The van der Waals surface area contributed by atoms with Crippen molar-refractivity contribution in [3.8, 4) is 0 Å². The monoisotopic (exact) mass is 1370 g/mol. The number of carboxylic acids is 3. The van der Waals surface area contributed by atoms with Crippen LogP contribution in [0.1, 0.15) is 107 Å². The highest BCUT2D eigenvalue weighted by atomic mass is 32.2. The van der Waals surface area contributed by atoms with Crippen molar-refractivity contribution in [1.29, 1.82) is 0 Å². The molecule has 504 valence electrons. The molecule has 0 spiro atoms. The molecule has 0 saturated carbocycles. The lowest BCUT2D eigenvalue weighted by Gasteiger charge is -2.32. The van der Waals surface area contributed by atoms with Crippen molar-refractivity contribution in [2.45, 2.75) is 132 Å². The third kappa shape index (κ3) is 14.2. The number of fused-ring (bicyclic) bond motifs is 3. The van der Waals surface area contributed by atoms with Crippen molar-refractivity contribution in [2.75, 3.05) is 39.3 Å². The third-order valence-corrected chi connectivity index (χ3v) is 24.7. The topological polar surface area (TPSA) is 239 Å². The van der Waals surface area contributed by atoms with Crippen LogP contribution in [-0.4, -0.2) is 124 Å². The first-order valence-corrected chi connectivity index (χ1v) is 35.3. The van der Waals surface area contributed by atoms with Gasteiger partial charge in [0.2, 0.25) is 30.1 Å². The van der Waals surface area contributed by atoms with Gasteiger partial charge >= 0.3 is 17.9 Å². The summed E-state index contributed by atoms with van der Waals surface area (Å²) in [5, 5.41) is 29.9. The van der Waals surface area contributed by atoms with Gasteiger partial charge in [-0.1, -0.05) is 24.3 Å². The van der Waals surface area contributed by atoms with Crippen LogP contribution in [0.3, 0.4) is 0 Å². The van der Waals surface area contributed by atoms with Crippen molar-refractivity contribution in [3.63, 3.8) is 0 Å². The predicted octanol–water partition coefficient (Wildman–Crippen LogP) is 12.4. The largest absolute Gasteiger partial charge is 0.480 e. The summed E-state index contributed by atoms with van der Waals surface area (Å²) in [6.45, 7) is 11.5. The average molecular weight is 1370 g/mol. The second-order valence-corrected chi connectivity index (χ2v) is 30.3. The van der Waals surface area contributed by atoms with Crippen molar-refractivity contribution in [1.82, 2.24) is 26.6 Å². The number of hydrogen-bond acceptors (Lipinski definition) is 9. The van der Waals surface area contributed by atoms with Crippen LogP contribution in [0.15, 0.2) is 130 Å². The Morgan fingerprint density at radius 1 is 0.389 bits per heavy atom. The molecule has 3 N–H and O–H groups in total. The van der Waals surface area contributed by atoms with Gasteiger partial charge in [0.15, 0.2) is 0 Å². The minimum absolute atomic E-state index is 0.0302. The Morgan fingerprint density at radius 3 is 1.02 bits per heavy atom. The van der Waals surface area contributed by atoms with E-state index in [0.717, 1.165) is 39.8 Å². The summed E-state index contributed by atoms with van der Waals surface area (Å²) >= 11 is 0. The number of carbonyl (C=O) groups is 3. The van der Waals surface area contributed by atoms with Crippen molar-refractivity contribution >= 4 is 80.7 Å². The van der Waals surface area contributed by atoms with Crippen LogP contribution < -0.4 is 0 Å². The molecule has 3 aromatic heterocycles. The first kappa shape index (κ1) is 69.6. The lowest BCUT2D eigenvalue weighted by atomic mass is 9.88. The standard InChI is InChI=1S/2C23H24F2N2O4S.C23H25FN2O4S/c1-14-3-6-21(19(25)11-14)32(30,31)26-9-7-16(8-10-26)23-15(2)27(13-22(28)29)20-5-4-17(24)12-18(20)23;1-14-11-17(24)4-6-21(14)32(30,31)26-9-7-16(8-10-26)23-15(2)27(13-22(28)29)20-5-3-18(25)12-19(20)23;1-15-5-3-4-6-21(15)31(29,30)25-11-9-17(10-12-25)23-16(2)26(14-22(27)28)20-8-7-18(24)13-19(20)23/h2*3-6,11-12,16H,7-10,13H2,1-2H3,(H,28,29);3-8,13,17H,9-12,14H2,1-2H3,(H,27,28). The van der Waals surface area contributed by atoms with Crippen LogP contribution in [0.25, 0.3) is 32.7 Å². The minimum atomic E-state index is -3.97. The smallest absolute Gasteiger partial charge is 0.323 e. The van der Waals surface area contributed by atoms with Crippen LogP contribution in [0, 0.1) is 70.6 Å². The number of aliphatic carboxylic acids is 3. The summed E-state index contributed by atoms with van der Waals surface area (Å²) in [6.07, 6.45) is 3.15. The van der Waals surface area contributed by atoms with Crippen LogP contribution in [-0.2, 0) is 64.1 Å². The minimum Gasteiger partial charge on any atom is -0.480 e. The summed E-state index contributed by atoms with van der Waals surface area (Å²) in [7, 11) is -11.3. The summed E-state index contributed by atoms with van der Waals surface area (Å²) in [5.41, 5.74) is 8.61. The molecule has 0 amide bonds. The molecule has 26 heteroatoms. The molecule has 3 fully saturated rings. The fraction of sp³-hybridized carbons (Fsp3) is 0.348. The number of hydrogen-bond donors (Lipinski definition) is 3. The molecular weight excluding hydrogens is 1300 g/mol. The van der Waals surface area contributed by atoms with E-state index in [0.29, 0.717) is 106 Å². The van der Waals surface area contributed by atoms with Gasteiger partial charge in [0, 0.05) is 89.1 Å². The van der Waals surface area contributed by atoms with Gasteiger partial charge in [-0.15, -0.1) is 0 Å². The van der Waals surface area contributed by atoms with Crippen molar-refractivity contribution < 1.29 is 76.9 Å². The van der Waals surface area contributed by atoms with E-state index in [4.69, 9.17) is 0 Å². The molecule has 95 heavy (non-hydrogen) atoms. The number of benzene rings is 6. The highest BCUT2D eigenvalue weighted by Gasteiger charge is 2.37. The SMILES string of the molecule is Cc1cc(F)ccc1S(=O)(=O)N1CCC(c2c(C)n(CC(=O)O)c3ccc(F)cc23)CC1.Cc1ccc(S(=O)(=O)N2CCC(c3c(C)n(CC(=O)O)c4ccc(F)cc34)CC2)c(F)c1.Cc1ccccc1S(=O)(=O)N1CCC(c2c(C)n(CC(=O)O)c3ccc(F)cc23)CC1. The van der Waals surface area contributed by atoms with Crippen LogP contribution in [0.4, 0.5) is 22.0 Å². The predicted molar refractivity (Wildman–Crippen MR) is 348 cm³/mol. The molecule has 6 aromatic carbocycles. The van der Waals surface area contributed by atoms with Gasteiger partial charge in [-0.3, -0.25) is 14.4 Å². The Balaban J connectivity index is 0.000000155. The molecule has 18 nitrogen and oxygen atoms in total. The van der Waals surface area contributed by atoms with Gasteiger partial charge in [-0.25, -0.2) is 47.2 Å². The first-order valence-electron chi connectivity index (χ1n) is 31.0. The molecule has 0 unspecified atom stereocenters. The molecule has 0 radical (unpaired) electrons. The van der Waals surface area contributed by atoms with Crippen molar-refractivity contribution in [2.24, 2.45) is 0 Å². The fourth-order valence-electron chi connectivity index (χ4n) is 14.1. The second kappa shape index (κ2) is 27.8. The lowest BCUT2D eigenvalue weighted by Crippen LogP contribution is -2.38. The van der Waals surface area contributed by atoms with Gasteiger partial charge in [-0.2, -0.15) is 12.9 Å². The van der Waals surface area contributed by atoms with Crippen LogP contribution in [0.5, 0.6) is 0 Å². The Kier molecular flexibility index (Phi) is 20.4. The number of aryl methyl sites for hydroxylation is 3. The maximum absolute atomic E-state index is 14.3. The van der Waals surface area contributed by atoms with E-state index in [1.165, 1.54) is 73.6 Å². The normalized spacial score (nSPS) is 16.0. The van der Waals surface area contributed by atoms with Crippen LogP contribution >= 0.6 is 0 Å². The lowest BCUT2D eigenvalue weighted by molar-refractivity contribution is -0.138. The zero-order valence-electron chi connectivity index (χ0n) is 53.1. The van der Waals surface area contributed by atoms with Crippen molar-refractivity contribution in [3.05, 3.63) is 195 Å².